The molecule has 1 aromatic carbocycles. The van der Waals surface area contributed by atoms with Crippen LogP contribution in [0.2, 0.25) is 0 Å². The molecule has 2 rings (SSSR count). The first-order valence-electron chi connectivity index (χ1n) is 6.29. The Hall–Kier alpha value is -2.14. The van der Waals surface area contributed by atoms with Gasteiger partial charge in [-0.2, -0.15) is 0 Å². The van der Waals surface area contributed by atoms with E-state index in [-0.39, 0.29) is 0 Å². The van der Waals surface area contributed by atoms with E-state index in [1.54, 1.807) is 0 Å². The van der Waals surface area contributed by atoms with Crippen molar-refractivity contribution >= 4 is 11.6 Å². The number of nitrogen functional groups attached to an aromatic ring is 1. The summed E-state index contributed by atoms with van der Waals surface area (Å²) in [5.74, 6) is 7.26. The number of nitrogens with two attached hydrogens (primary N) is 1. The minimum absolute atomic E-state index is 0.407. The third-order valence-corrected chi connectivity index (χ3v) is 3.17. The number of nitrogens with zero attached hydrogens (tertiary/aromatic N) is 2. The van der Waals surface area contributed by atoms with Gasteiger partial charge in [-0.05, 0) is 18.4 Å². The molecule has 5 nitrogen and oxygen atoms in total. The third-order valence-electron chi connectivity index (χ3n) is 3.17. The number of aromatic nitrogens is 2. The van der Waals surface area contributed by atoms with Gasteiger partial charge in [0, 0.05) is 12.1 Å². The molecule has 0 bridgehead atoms. The third kappa shape index (κ3) is 3.20. The second-order valence-electron chi connectivity index (χ2n) is 4.53. The molecule has 0 spiro atoms. The maximum absolute atomic E-state index is 5.40. The lowest BCUT2D eigenvalue weighted by atomic mass is 10.0. The van der Waals surface area contributed by atoms with Crippen LogP contribution < -0.4 is 16.6 Å². The Labute approximate surface area is 113 Å². The Bertz CT molecular complexity index is 527. The van der Waals surface area contributed by atoms with Crippen molar-refractivity contribution in [2.24, 2.45) is 5.84 Å². The predicted molar refractivity (Wildman–Crippen MR) is 77.9 cm³/mol. The lowest BCUT2D eigenvalue weighted by molar-refractivity contribution is 0.799. The van der Waals surface area contributed by atoms with Crippen LogP contribution in [0, 0.1) is 6.92 Å². The summed E-state index contributed by atoms with van der Waals surface area (Å²) in [6, 6.07) is 10.4. The number of anilines is 2. The molecule has 19 heavy (non-hydrogen) atoms. The Morgan fingerprint density at radius 1 is 1.16 bits per heavy atom. The fourth-order valence-electron chi connectivity index (χ4n) is 1.92. The van der Waals surface area contributed by atoms with Gasteiger partial charge in [0.25, 0.3) is 0 Å². The molecule has 0 saturated carbocycles. The summed E-state index contributed by atoms with van der Waals surface area (Å²) < 4.78 is 0. The van der Waals surface area contributed by atoms with Gasteiger partial charge in [0.15, 0.2) is 0 Å². The summed E-state index contributed by atoms with van der Waals surface area (Å²) in [5.41, 5.74) is 4.79. The van der Waals surface area contributed by atoms with E-state index in [9.17, 15) is 0 Å². The average molecular weight is 257 g/mol. The maximum atomic E-state index is 5.40. The van der Waals surface area contributed by atoms with Crippen molar-refractivity contribution in [3.8, 4) is 0 Å². The number of nitrogens with one attached hydrogen (secondary N) is 2. The van der Waals surface area contributed by atoms with Gasteiger partial charge in [0.05, 0.1) is 0 Å². The molecule has 5 heteroatoms. The van der Waals surface area contributed by atoms with E-state index in [1.165, 1.54) is 11.9 Å². The van der Waals surface area contributed by atoms with Crippen molar-refractivity contribution < 1.29 is 0 Å². The summed E-state index contributed by atoms with van der Waals surface area (Å²) in [5, 5.41) is 3.34. The van der Waals surface area contributed by atoms with E-state index in [2.05, 4.69) is 51.9 Å². The van der Waals surface area contributed by atoms with E-state index >= 15 is 0 Å². The molecule has 4 N–H and O–H groups in total. The zero-order valence-corrected chi connectivity index (χ0v) is 11.2. The van der Waals surface area contributed by atoms with Gasteiger partial charge < -0.3 is 10.7 Å². The van der Waals surface area contributed by atoms with Gasteiger partial charge >= 0.3 is 0 Å². The van der Waals surface area contributed by atoms with Crippen molar-refractivity contribution in [3.05, 3.63) is 47.8 Å². The molecule has 0 fully saturated rings. The Balaban J connectivity index is 2.03. The van der Waals surface area contributed by atoms with Crippen LogP contribution in [0.1, 0.15) is 24.0 Å². The highest BCUT2D eigenvalue weighted by Crippen LogP contribution is 2.19. The van der Waals surface area contributed by atoms with Gasteiger partial charge in [0.2, 0.25) is 0 Å². The Morgan fingerprint density at radius 3 is 2.53 bits per heavy atom. The minimum atomic E-state index is 0.407. The predicted octanol–water partition coefficient (Wildman–Crippen LogP) is 2.29. The Morgan fingerprint density at radius 2 is 1.84 bits per heavy atom. The molecule has 0 amide bonds. The van der Waals surface area contributed by atoms with Crippen LogP contribution in [-0.4, -0.2) is 16.5 Å². The van der Waals surface area contributed by atoms with Crippen molar-refractivity contribution in [2.75, 3.05) is 17.3 Å². The van der Waals surface area contributed by atoms with Crippen molar-refractivity contribution in [1.29, 1.82) is 0 Å². The fourth-order valence-corrected chi connectivity index (χ4v) is 1.92. The quantitative estimate of drug-likeness (QED) is 0.566. The van der Waals surface area contributed by atoms with Crippen LogP contribution in [0.4, 0.5) is 11.6 Å². The molecule has 1 heterocycles. The monoisotopic (exact) mass is 257 g/mol. The lowest BCUT2D eigenvalue weighted by Crippen LogP contribution is -2.15. The number of benzene rings is 1. The molecular weight excluding hydrogens is 238 g/mol. The molecule has 1 aromatic heterocycles. The highest BCUT2D eigenvalue weighted by atomic mass is 15.3. The summed E-state index contributed by atoms with van der Waals surface area (Å²) in [6.07, 6.45) is 1.50. The Kier molecular flexibility index (Phi) is 4.30. The molecule has 0 saturated heterocycles. The van der Waals surface area contributed by atoms with E-state index in [0.717, 1.165) is 17.9 Å². The molecule has 1 unspecified atom stereocenters. The standard InChI is InChI=1S/C14H19N5/c1-10(12-6-4-3-5-7-12)8-16-13-11(2)14(19-15)18-9-17-13/h3-7,9-10H,8,15H2,1-2H3,(H2,16,17,18,19). The SMILES string of the molecule is Cc1c(NN)ncnc1NCC(C)c1ccccc1. The molecule has 1 atom stereocenters. The van der Waals surface area contributed by atoms with Crippen molar-refractivity contribution in [2.45, 2.75) is 19.8 Å². The maximum Gasteiger partial charge on any atom is 0.148 e. The van der Waals surface area contributed by atoms with Crippen LogP contribution in [0.5, 0.6) is 0 Å². The number of hydrogen-bond donors (Lipinski definition) is 3. The summed E-state index contributed by atoms with van der Waals surface area (Å²) >= 11 is 0. The minimum Gasteiger partial charge on any atom is -0.369 e. The van der Waals surface area contributed by atoms with Gasteiger partial charge in [-0.1, -0.05) is 37.3 Å². The molecule has 0 radical (unpaired) electrons. The fraction of sp³-hybridized carbons (Fsp3) is 0.286. The topological polar surface area (TPSA) is 75.9 Å². The van der Waals surface area contributed by atoms with Crippen LogP contribution in [0.3, 0.4) is 0 Å². The van der Waals surface area contributed by atoms with Gasteiger partial charge in [-0.3, -0.25) is 0 Å². The van der Waals surface area contributed by atoms with E-state index in [4.69, 9.17) is 5.84 Å². The zero-order chi connectivity index (χ0) is 13.7. The van der Waals surface area contributed by atoms with Gasteiger partial charge in [-0.25, -0.2) is 15.8 Å². The number of hydrazine groups is 1. The molecule has 2 aromatic rings. The summed E-state index contributed by atoms with van der Waals surface area (Å²) in [4.78, 5) is 8.29. The first kappa shape index (κ1) is 13.3. The van der Waals surface area contributed by atoms with Gasteiger partial charge in [-0.15, -0.1) is 0 Å². The molecule has 0 aliphatic heterocycles. The molecule has 0 aliphatic rings. The van der Waals surface area contributed by atoms with Crippen LogP contribution in [0.15, 0.2) is 36.7 Å². The normalized spacial score (nSPS) is 11.9. The highest BCUT2D eigenvalue weighted by molar-refractivity contribution is 5.55. The van der Waals surface area contributed by atoms with Crippen LogP contribution >= 0.6 is 0 Å². The summed E-state index contributed by atoms with van der Waals surface area (Å²) in [7, 11) is 0. The zero-order valence-electron chi connectivity index (χ0n) is 11.2. The summed E-state index contributed by atoms with van der Waals surface area (Å²) in [6.45, 7) is 4.93. The van der Waals surface area contributed by atoms with Crippen molar-refractivity contribution in [1.82, 2.24) is 9.97 Å². The lowest BCUT2D eigenvalue weighted by Gasteiger charge is -2.15. The number of rotatable bonds is 5. The second kappa shape index (κ2) is 6.15. The van der Waals surface area contributed by atoms with E-state index < -0.39 is 0 Å². The second-order valence-corrected chi connectivity index (χ2v) is 4.53. The molecular formula is C14H19N5. The highest BCUT2D eigenvalue weighted by Gasteiger charge is 2.08. The van der Waals surface area contributed by atoms with Gasteiger partial charge in [0.1, 0.15) is 18.0 Å². The van der Waals surface area contributed by atoms with Crippen molar-refractivity contribution in [3.63, 3.8) is 0 Å². The van der Waals surface area contributed by atoms with Crippen LogP contribution in [0.25, 0.3) is 0 Å². The van der Waals surface area contributed by atoms with E-state index in [1.807, 2.05) is 13.0 Å². The molecule has 0 aliphatic carbocycles. The van der Waals surface area contributed by atoms with Crippen LogP contribution in [-0.2, 0) is 0 Å². The molecule has 100 valence electrons. The smallest absolute Gasteiger partial charge is 0.148 e. The largest absolute Gasteiger partial charge is 0.369 e. The van der Waals surface area contributed by atoms with E-state index in [0.29, 0.717) is 11.7 Å². The first-order valence-corrected chi connectivity index (χ1v) is 6.29. The number of hydrogen-bond acceptors (Lipinski definition) is 5. The average Bonchev–Trinajstić information content (AvgIpc) is 2.47. The first-order chi connectivity index (χ1) is 9.22.